The minimum atomic E-state index is 0.616. The molecule has 0 fully saturated rings. The van der Waals surface area contributed by atoms with Crippen molar-refractivity contribution in [3.05, 3.63) is 22.7 Å². The Morgan fingerprint density at radius 3 is 2.33 bits per heavy atom. The SMILES string of the molecule is COc1ccc(OC)c(CCCN)c1Cl. The predicted molar refractivity (Wildman–Crippen MR) is 61.9 cm³/mol. The summed E-state index contributed by atoms with van der Waals surface area (Å²) < 4.78 is 10.4. The summed E-state index contributed by atoms with van der Waals surface area (Å²) in [6.07, 6.45) is 1.68. The lowest BCUT2D eigenvalue weighted by atomic mass is 10.1. The second-order valence-corrected chi connectivity index (χ2v) is 3.53. The van der Waals surface area contributed by atoms with E-state index < -0.39 is 0 Å². The zero-order valence-electron chi connectivity index (χ0n) is 9.05. The first-order valence-corrected chi connectivity index (χ1v) is 5.21. The summed E-state index contributed by atoms with van der Waals surface area (Å²) in [5, 5.41) is 0.616. The van der Waals surface area contributed by atoms with E-state index in [1.54, 1.807) is 20.3 Å². The van der Waals surface area contributed by atoms with E-state index >= 15 is 0 Å². The standard InChI is InChI=1S/C11H16ClNO2/c1-14-9-5-6-10(15-2)11(12)8(9)4-3-7-13/h5-6H,3-4,7,13H2,1-2H3. The normalized spacial score (nSPS) is 10.1. The van der Waals surface area contributed by atoms with Crippen molar-refractivity contribution in [1.82, 2.24) is 0 Å². The maximum atomic E-state index is 6.18. The zero-order valence-corrected chi connectivity index (χ0v) is 9.80. The molecule has 0 saturated carbocycles. The summed E-state index contributed by atoms with van der Waals surface area (Å²) in [5.74, 6) is 1.46. The topological polar surface area (TPSA) is 44.5 Å². The third kappa shape index (κ3) is 2.76. The van der Waals surface area contributed by atoms with Crippen molar-refractivity contribution in [1.29, 1.82) is 0 Å². The summed E-state index contributed by atoms with van der Waals surface area (Å²) in [6.45, 7) is 0.636. The van der Waals surface area contributed by atoms with Crippen LogP contribution < -0.4 is 15.2 Å². The van der Waals surface area contributed by atoms with E-state index in [0.717, 1.165) is 24.2 Å². The van der Waals surface area contributed by atoms with Gasteiger partial charge in [-0.25, -0.2) is 0 Å². The number of halogens is 1. The van der Waals surface area contributed by atoms with Gasteiger partial charge in [-0.1, -0.05) is 11.6 Å². The van der Waals surface area contributed by atoms with Crippen molar-refractivity contribution < 1.29 is 9.47 Å². The molecule has 4 heteroatoms. The third-order valence-corrected chi connectivity index (χ3v) is 2.65. The molecule has 0 aliphatic heterocycles. The Balaban J connectivity index is 3.05. The van der Waals surface area contributed by atoms with E-state index in [-0.39, 0.29) is 0 Å². The summed E-state index contributed by atoms with van der Waals surface area (Å²) in [7, 11) is 3.23. The van der Waals surface area contributed by atoms with Gasteiger partial charge in [0.25, 0.3) is 0 Å². The van der Waals surface area contributed by atoms with Gasteiger partial charge in [0.05, 0.1) is 19.2 Å². The molecule has 0 aliphatic rings. The van der Waals surface area contributed by atoms with Crippen LogP contribution in [0.3, 0.4) is 0 Å². The molecule has 0 bridgehead atoms. The lowest BCUT2D eigenvalue weighted by Crippen LogP contribution is -2.02. The Hall–Kier alpha value is -0.930. The molecular weight excluding hydrogens is 214 g/mol. The van der Waals surface area contributed by atoms with Crippen molar-refractivity contribution in [2.45, 2.75) is 12.8 Å². The summed E-state index contributed by atoms with van der Waals surface area (Å²) in [6, 6.07) is 3.66. The van der Waals surface area contributed by atoms with Crippen LogP contribution in [0.15, 0.2) is 12.1 Å². The molecule has 1 aromatic carbocycles. The molecule has 84 valence electrons. The minimum Gasteiger partial charge on any atom is -0.496 e. The molecule has 0 radical (unpaired) electrons. The van der Waals surface area contributed by atoms with E-state index in [1.165, 1.54) is 0 Å². The Kier molecular flexibility index (Phi) is 4.72. The van der Waals surface area contributed by atoms with Crippen LogP contribution in [0.1, 0.15) is 12.0 Å². The van der Waals surface area contributed by atoms with Crippen molar-refractivity contribution in [2.75, 3.05) is 20.8 Å². The molecule has 0 aromatic heterocycles. The van der Waals surface area contributed by atoms with Crippen LogP contribution in [0.2, 0.25) is 5.02 Å². The highest BCUT2D eigenvalue weighted by molar-refractivity contribution is 6.33. The van der Waals surface area contributed by atoms with Crippen molar-refractivity contribution in [3.63, 3.8) is 0 Å². The van der Waals surface area contributed by atoms with Gasteiger partial charge in [0.1, 0.15) is 11.5 Å². The smallest absolute Gasteiger partial charge is 0.138 e. The van der Waals surface area contributed by atoms with Gasteiger partial charge in [-0.2, -0.15) is 0 Å². The molecular formula is C11H16ClNO2. The average Bonchev–Trinajstić information content (AvgIpc) is 2.27. The highest BCUT2D eigenvalue weighted by Crippen LogP contribution is 2.35. The van der Waals surface area contributed by atoms with Gasteiger partial charge in [0.2, 0.25) is 0 Å². The lowest BCUT2D eigenvalue weighted by Gasteiger charge is -2.12. The first-order valence-electron chi connectivity index (χ1n) is 4.84. The maximum Gasteiger partial charge on any atom is 0.138 e. The second-order valence-electron chi connectivity index (χ2n) is 3.15. The molecule has 1 aromatic rings. The number of rotatable bonds is 5. The quantitative estimate of drug-likeness (QED) is 0.842. The van der Waals surface area contributed by atoms with Gasteiger partial charge in [0.15, 0.2) is 0 Å². The predicted octanol–water partition coefficient (Wildman–Crippen LogP) is 2.25. The van der Waals surface area contributed by atoms with Crippen LogP contribution in [-0.4, -0.2) is 20.8 Å². The van der Waals surface area contributed by atoms with Crippen LogP contribution >= 0.6 is 11.6 Å². The molecule has 0 aliphatic carbocycles. The highest BCUT2D eigenvalue weighted by atomic mass is 35.5. The van der Waals surface area contributed by atoms with E-state index in [4.69, 9.17) is 26.8 Å². The molecule has 0 amide bonds. The van der Waals surface area contributed by atoms with E-state index in [9.17, 15) is 0 Å². The molecule has 3 nitrogen and oxygen atoms in total. The molecule has 2 N–H and O–H groups in total. The van der Waals surface area contributed by atoms with Gasteiger partial charge in [-0.15, -0.1) is 0 Å². The van der Waals surface area contributed by atoms with Crippen molar-refractivity contribution in [2.24, 2.45) is 5.73 Å². The Labute approximate surface area is 95.1 Å². The number of nitrogens with two attached hydrogens (primary N) is 1. The van der Waals surface area contributed by atoms with Crippen LogP contribution in [0.5, 0.6) is 11.5 Å². The first kappa shape index (κ1) is 12.1. The Bertz CT molecular complexity index is 329. The van der Waals surface area contributed by atoms with Gasteiger partial charge in [-0.05, 0) is 31.5 Å². The van der Waals surface area contributed by atoms with Gasteiger partial charge in [-0.3, -0.25) is 0 Å². The molecule has 0 unspecified atom stereocenters. The zero-order chi connectivity index (χ0) is 11.3. The Morgan fingerprint density at radius 1 is 1.20 bits per heavy atom. The fourth-order valence-electron chi connectivity index (χ4n) is 1.44. The maximum absolute atomic E-state index is 6.18. The van der Waals surface area contributed by atoms with Crippen molar-refractivity contribution in [3.8, 4) is 11.5 Å². The van der Waals surface area contributed by atoms with Crippen LogP contribution in [-0.2, 0) is 6.42 Å². The average molecular weight is 230 g/mol. The summed E-state index contributed by atoms with van der Waals surface area (Å²) in [4.78, 5) is 0. The van der Waals surface area contributed by atoms with Crippen LogP contribution in [0.4, 0.5) is 0 Å². The number of methoxy groups -OCH3 is 2. The molecule has 15 heavy (non-hydrogen) atoms. The fraction of sp³-hybridized carbons (Fsp3) is 0.455. The molecule has 1 rings (SSSR count). The van der Waals surface area contributed by atoms with E-state index in [1.807, 2.05) is 6.07 Å². The molecule has 0 saturated heterocycles. The fourth-order valence-corrected chi connectivity index (χ4v) is 1.77. The monoisotopic (exact) mass is 229 g/mol. The van der Waals surface area contributed by atoms with Gasteiger partial charge < -0.3 is 15.2 Å². The highest BCUT2D eigenvalue weighted by Gasteiger charge is 2.12. The number of benzene rings is 1. The molecule has 0 heterocycles. The first-order chi connectivity index (χ1) is 7.24. The number of hydrogen-bond acceptors (Lipinski definition) is 3. The number of ether oxygens (including phenoxy) is 2. The Morgan fingerprint density at radius 2 is 1.80 bits per heavy atom. The summed E-state index contributed by atoms with van der Waals surface area (Å²) >= 11 is 6.18. The van der Waals surface area contributed by atoms with Crippen molar-refractivity contribution >= 4 is 11.6 Å². The lowest BCUT2D eigenvalue weighted by molar-refractivity contribution is 0.398. The van der Waals surface area contributed by atoms with Crippen LogP contribution in [0.25, 0.3) is 0 Å². The summed E-state index contributed by atoms with van der Waals surface area (Å²) in [5.41, 5.74) is 6.44. The van der Waals surface area contributed by atoms with E-state index in [0.29, 0.717) is 17.3 Å². The second kappa shape index (κ2) is 5.83. The van der Waals surface area contributed by atoms with Gasteiger partial charge >= 0.3 is 0 Å². The minimum absolute atomic E-state index is 0.616. The van der Waals surface area contributed by atoms with E-state index in [2.05, 4.69) is 0 Å². The molecule has 0 atom stereocenters. The molecule has 0 spiro atoms. The number of hydrogen-bond donors (Lipinski definition) is 1. The van der Waals surface area contributed by atoms with Crippen LogP contribution in [0, 0.1) is 0 Å². The third-order valence-electron chi connectivity index (χ3n) is 2.24. The van der Waals surface area contributed by atoms with Gasteiger partial charge in [0, 0.05) is 5.56 Å². The largest absolute Gasteiger partial charge is 0.496 e.